The fraction of sp³-hybridized carbons (Fsp3) is 0.0833. The smallest absolute Gasteiger partial charge is 0.265 e. The number of carbonyl (C=O) groups excluding carboxylic acids is 1. The molecule has 10 heteroatoms. The summed E-state index contributed by atoms with van der Waals surface area (Å²) in [6.45, 7) is 0.405. The maximum Gasteiger partial charge on any atom is 0.265 e. The lowest BCUT2D eigenvalue weighted by molar-refractivity contribution is -0.121. The van der Waals surface area contributed by atoms with Gasteiger partial charge in [0.25, 0.3) is 5.91 Å². The first-order valence-corrected chi connectivity index (χ1v) is 11.6. The van der Waals surface area contributed by atoms with Crippen molar-refractivity contribution >= 4 is 34.2 Å². The van der Waals surface area contributed by atoms with Gasteiger partial charge in [0.2, 0.25) is 5.95 Å². The second kappa shape index (κ2) is 9.38. The van der Waals surface area contributed by atoms with Crippen molar-refractivity contribution in [3.05, 3.63) is 84.8 Å². The molecule has 0 fully saturated rings. The zero-order valence-electron chi connectivity index (χ0n) is 17.9. The van der Waals surface area contributed by atoms with Crippen molar-refractivity contribution in [3.63, 3.8) is 0 Å². The average Bonchev–Trinajstić information content (AvgIpc) is 2.86. The molecule has 1 aliphatic rings. The van der Waals surface area contributed by atoms with Crippen molar-refractivity contribution in [2.24, 2.45) is 5.14 Å². The van der Waals surface area contributed by atoms with E-state index >= 15 is 0 Å². The molecule has 0 aliphatic carbocycles. The molecule has 170 valence electrons. The zero-order chi connectivity index (χ0) is 23.5. The van der Waals surface area contributed by atoms with Crippen molar-refractivity contribution in [2.45, 2.75) is 11.4 Å². The van der Waals surface area contributed by atoms with Crippen molar-refractivity contribution in [1.29, 1.82) is 0 Å². The highest BCUT2D eigenvalue weighted by Gasteiger charge is 2.26. The van der Waals surface area contributed by atoms with E-state index in [-0.39, 0.29) is 12.5 Å². The van der Waals surface area contributed by atoms with Gasteiger partial charge in [-0.2, -0.15) is 0 Å². The Bertz CT molecular complexity index is 1380. The Morgan fingerprint density at radius 1 is 1.06 bits per heavy atom. The summed E-state index contributed by atoms with van der Waals surface area (Å²) >= 11 is 0. The second-order valence-corrected chi connectivity index (χ2v) is 8.59. The number of hydrogen-bond acceptors (Lipinski definition) is 7. The Kier molecular flexibility index (Phi) is 5.98. The average molecular weight is 473 g/mol. The summed E-state index contributed by atoms with van der Waals surface area (Å²) in [6.07, 6.45) is 5.05. The Balaban J connectivity index is 1.44. The molecule has 1 aliphatic heterocycles. The van der Waals surface area contributed by atoms with Crippen LogP contribution in [0.4, 0.5) is 17.3 Å². The number of rotatable bonds is 6. The number of carbonyl (C=O) groups is 1. The summed E-state index contributed by atoms with van der Waals surface area (Å²) in [5, 5.41) is 8.59. The molecule has 1 unspecified atom stereocenters. The van der Waals surface area contributed by atoms with Gasteiger partial charge in [-0.15, -0.1) is 0 Å². The predicted octanol–water partition coefficient (Wildman–Crippen LogP) is 3.19. The van der Waals surface area contributed by atoms with Crippen LogP contribution >= 0.6 is 0 Å². The van der Waals surface area contributed by atoms with Gasteiger partial charge >= 0.3 is 0 Å². The third-order valence-corrected chi connectivity index (χ3v) is 5.98. The number of ether oxygens (including phenoxy) is 1. The minimum Gasteiger partial charge on any atom is -0.482 e. The molecule has 0 saturated carbocycles. The number of benzene rings is 2. The molecular weight excluding hydrogens is 452 g/mol. The molecule has 0 bridgehead atoms. The van der Waals surface area contributed by atoms with Gasteiger partial charge in [0.15, 0.2) is 6.61 Å². The first-order chi connectivity index (χ1) is 16.6. The number of nitrogens with zero attached hydrogens (tertiary/aromatic N) is 4. The molecule has 2 aromatic heterocycles. The van der Waals surface area contributed by atoms with Crippen LogP contribution in [-0.2, 0) is 22.3 Å². The maximum atomic E-state index is 12.7. The Morgan fingerprint density at radius 2 is 1.91 bits per heavy atom. The first-order valence-electron chi connectivity index (χ1n) is 10.4. The van der Waals surface area contributed by atoms with Crippen molar-refractivity contribution < 1.29 is 13.7 Å². The minimum atomic E-state index is -1.58. The lowest BCUT2D eigenvalue weighted by atomic mass is 10.1. The van der Waals surface area contributed by atoms with Crippen molar-refractivity contribution in [1.82, 2.24) is 15.0 Å². The van der Waals surface area contributed by atoms with Gasteiger partial charge in [0.05, 0.1) is 22.8 Å². The molecule has 1 amide bonds. The van der Waals surface area contributed by atoms with Crippen LogP contribution in [0.2, 0.25) is 0 Å². The summed E-state index contributed by atoms with van der Waals surface area (Å²) in [6, 6.07) is 18.1. The number of anilines is 3. The number of aromatic nitrogens is 3. The normalized spacial score (nSPS) is 13.7. The molecule has 5 rings (SSSR count). The van der Waals surface area contributed by atoms with Crippen LogP contribution in [0.1, 0.15) is 5.56 Å². The number of pyridine rings is 1. The number of amides is 1. The summed E-state index contributed by atoms with van der Waals surface area (Å²) in [4.78, 5) is 27.8. The third kappa shape index (κ3) is 4.63. The molecule has 9 nitrogen and oxygen atoms in total. The SMILES string of the molecule is NS(=O)c1cccc(Nc2nccc(-c3ccc4c(c3)N(Cc3ccncc3)C(=O)CO4)n2)c1. The van der Waals surface area contributed by atoms with Gasteiger partial charge < -0.3 is 15.0 Å². The highest BCUT2D eigenvalue weighted by Crippen LogP contribution is 2.36. The fourth-order valence-electron chi connectivity index (χ4n) is 3.61. The van der Waals surface area contributed by atoms with E-state index in [0.29, 0.717) is 40.2 Å². The zero-order valence-corrected chi connectivity index (χ0v) is 18.7. The van der Waals surface area contributed by atoms with Gasteiger partial charge in [-0.05, 0) is 60.2 Å². The maximum absolute atomic E-state index is 12.7. The highest BCUT2D eigenvalue weighted by molar-refractivity contribution is 7.82. The van der Waals surface area contributed by atoms with Crippen LogP contribution in [0.25, 0.3) is 11.3 Å². The Labute approximate surface area is 198 Å². The summed E-state index contributed by atoms with van der Waals surface area (Å²) in [7, 11) is -1.58. The number of nitrogens with two attached hydrogens (primary N) is 1. The van der Waals surface area contributed by atoms with Crippen LogP contribution in [0.15, 0.2) is 84.1 Å². The molecule has 3 N–H and O–H groups in total. The molecular formula is C24H20N6O3S. The number of fused-ring (bicyclic) bond motifs is 1. The molecule has 34 heavy (non-hydrogen) atoms. The van der Waals surface area contributed by atoms with E-state index in [0.717, 1.165) is 11.1 Å². The minimum absolute atomic E-state index is 0.00828. The molecule has 1 atom stereocenters. The van der Waals surface area contributed by atoms with Gasteiger partial charge in [-0.1, -0.05) is 6.07 Å². The van der Waals surface area contributed by atoms with Crippen molar-refractivity contribution in [3.8, 4) is 17.0 Å². The summed E-state index contributed by atoms with van der Waals surface area (Å²) < 4.78 is 17.2. The Hall–Kier alpha value is -4.15. The fourth-order valence-corrected chi connectivity index (χ4v) is 4.07. The van der Waals surface area contributed by atoms with Gasteiger partial charge in [0.1, 0.15) is 16.7 Å². The largest absolute Gasteiger partial charge is 0.482 e. The highest BCUT2D eigenvalue weighted by atomic mass is 32.2. The summed E-state index contributed by atoms with van der Waals surface area (Å²) in [5.74, 6) is 0.885. The van der Waals surface area contributed by atoms with E-state index in [4.69, 9.17) is 9.88 Å². The second-order valence-electron chi connectivity index (χ2n) is 7.52. The molecule has 0 radical (unpaired) electrons. The van der Waals surface area contributed by atoms with Crippen LogP contribution < -0.4 is 20.1 Å². The van der Waals surface area contributed by atoms with Gasteiger partial charge in [0, 0.05) is 29.8 Å². The Morgan fingerprint density at radius 3 is 2.74 bits per heavy atom. The summed E-state index contributed by atoms with van der Waals surface area (Å²) in [5.41, 5.74) is 3.79. The van der Waals surface area contributed by atoms with E-state index in [1.54, 1.807) is 47.8 Å². The van der Waals surface area contributed by atoms with Crippen LogP contribution in [0, 0.1) is 0 Å². The van der Waals surface area contributed by atoms with Crippen LogP contribution in [0.5, 0.6) is 5.75 Å². The first kappa shape index (κ1) is 21.7. The molecule has 0 spiro atoms. The number of nitrogens with one attached hydrogen (secondary N) is 1. The molecule has 0 saturated heterocycles. The predicted molar refractivity (Wildman–Crippen MR) is 129 cm³/mol. The molecule has 3 heterocycles. The standard InChI is InChI=1S/C24H20N6O3S/c25-34(32)19-3-1-2-18(13-19)28-24-27-11-8-20(29-24)17-4-5-22-21(12-17)30(23(31)15-33-22)14-16-6-9-26-10-7-16/h1-13H,14-15,25H2,(H,27,28,29). The third-order valence-electron chi connectivity index (χ3n) is 5.27. The van der Waals surface area contributed by atoms with E-state index in [1.165, 1.54) is 0 Å². The quantitative estimate of drug-likeness (QED) is 0.442. The van der Waals surface area contributed by atoms with Gasteiger partial charge in [-0.3, -0.25) is 9.78 Å². The molecule has 4 aromatic rings. The van der Waals surface area contributed by atoms with E-state index in [1.807, 2.05) is 36.4 Å². The van der Waals surface area contributed by atoms with E-state index < -0.39 is 11.0 Å². The van der Waals surface area contributed by atoms with Gasteiger partial charge in [-0.25, -0.2) is 19.3 Å². The van der Waals surface area contributed by atoms with E-state index in [9.17, 15) is 9.00 Å². The lowest BCUT2D eigenvalue weighted by Crippen LogP contribution is -2.38. The topological polar surface area (TPSA) is 123 Å². The lowest BCUT2D eigenvalue weighted by Gasteiger charge is -2.30. The van der Waals surface area contributed by atoms with Crippen molar-refractivity contribution in [2.75, 3.05) is 16.8 Å². The molecule has 2 aromatic carbocycles. The van der Waals surface area contributed by atoms with Crippen LogP contribution in [-0.4, -0.2) is 31.7 Å². The van der Waals surface area contributed by atoms with Crippen LogP contribution in [0.3, 0.4) is 0 Å². The monoisotopic (exact) mass is 472 g/mol. The number of hydrogen-bond donors (Lipinski definition) is 2. The van der Waals surface area contributed by atoms with E-state index in [2.05, 4.69) is 20.3 Å².